The van der Waals surface area contributed by atoms with E-state index < -0.39 is 0 Å². The van der Waals surface area contributed by atoms with Crippen LogP contribution in [0.5, 0.6) is 0 Å². The lowest BCUT2D eigenvalue weighted by molar-refractivity contribution is 0.327. The summed E-state index contributed by atoms with van der Waals surface area (Å²) in [5.74, 6) is 0. The zero-order valence-electron chi connectivity index (χ0n) is 9.69. The monoisotopic (exact) mass is 290 g/mol. The van der Waals surface area contributed by atoms with Crippen LogP contribution in [0.2, 0.25) is 0 Å². The van der Waals surface area contributed by atoms with Gasteiger partial charge in [0.05, 0.1) is 11.2 Å². The van der Waals surface area contributed by atoms with Crippen LogP contribution in [0.3, 0.4) is 0 Å². The molecule has 3 rings (SSSR count). The number of hydrogen-bond donors (Lipinski definition) is 0. The van der Waals surface area contributed by atoms with E-state index in [1.165, 1.54) is 37.0 Å². The second-order valence-electron chi connectivity index (χ2n) is 4.60. The molecule has 3 heteroatoms. The summed E-state index contributed by atoms with van der Waals surface area (Å²) >= 11 is 3.57. The van der Waals surface area contributed by atoms with E-state index in [-0.39, 0.29) is 0 Å². The second-order valence-corrected chi connectivity index (χ2v) is 5.45. The zero-order chi connectivity index (χ0) is 11.7. The molecule has 0 amide bonds. The molecular weight excluding hydrogens is 276 g/mol. The molecule has 0 radical (unpaired) electrons. The van der Waals surface area contributed by atoms with Gasteiger partial charge in [-0.1, -0.05) is 18.2 Å². The highest BCUT2D eigenvalue weighted by atomic mass is 79.9. The van der Waals surface area contributed by atoms with Gasteiger partial charge in [-0.3, -0.25) is 9.88 Å². The number of pyridine rings is 1. The first kappa shape index (κ1) is 11.2. The van der Waals surface area contributed by atoms with Gasteiger partial charge in [0.25, 0.3) is 0 Å². The fraction of sp³-hybridized carbons (Fsp3) is 0.357. The standard InChI is InChI=1S/C14H15BrN2/c15-13-5-3-4-11-6-7-12(16-14(11)13)10-17-8-1-2-9-17/h3-7H,1-2,8-10H2. The summed E-state index contributed by atoms with van der Waals surface area (Å²) in [5.41, 5.74) is 2.25. The number of fused-ring (bicyclic) bond motifs is 1. The van der Waals surface area contributed by atoms with Crippen molar-refractivity contribution < 1.29 is 0 Å². The first-order valence-electron chi connectivity index (χ1n) is 6.09. The van der Waals surface area contributed by atoms with E-state index in [0.717, 1.165) is 16.5 Å². The molecule has 1 fully saturated rings. The summed E-state index contributed by atoms with van der Waals surface area (Å²) < 4.78 is 1.08. The Balaban J connectivity index is 1.92. The number of benzene rings is 1. The first-order valence-corrected chi connectivity index (χ1v) is 6.89. The largest absolute Gasteiger partial charge is 0.298 e. The number of hydrogen-bond acceptors (Lipinski definition) is 2. The summed E-state index contributed by atoms with van der Waals surface area (Å²) in [6, 6.07) is 10.5. The lowest BCUT2D eigenvalue weighted by Gasteiger charge is -2.14. The Morgan fingerprint density at radius 2 is 1.94 bits per heavy atom. The van der Waals surface area contributed by atoms with Gasteiger partial charge in [-0.05, 0) is 54.0 Å². The Morgan fingerprint density at radius 1 is 1.12 bits per heavy atom. The topological polar surface area (TPSA) is 16.1 Å². The van der Waals surface area contributed by atoms with Crippen LogP contribution < -0.4 is 0 Å². The van der Waals surface area contributed by atoms with Crippen LogP contribution in [0, 0.1) is 0 Å². The Bertz CT molecular complexity index is 533. The van der Waals surface area contributed by atoms with Crippen molar-refractivity contribution in [3.63, 3.8) is 0 Å². The van der Waals surface area contributed by atoms with E-state index in [0.29, 0.717) is 0 Å². The minimum atomic E-state index is 0.983. The summed E-state index contributed by atoms with van der Waals surface area (Å²) in [5, 5.41) is 1.20. The van der Waals surface area contributed by atoms with E-state index in [1.807, 2.05) is 6.07 Å². The van der Waals surface area contributed by atoms with Crippen molar-refractivity contribution in [1.82, 2.24) is 9.88 Å². The summed E-state index contributed by atoms with van der Waals surface area (Å²) in [4.78, 5) is 7.23. The minimum Gasteiger partial charge on any atom is -0.298 e. The van der Waals surface area contributed by atoms with Crippen LogP contribution in [-0.4, -0.2) is 23.0 Å². The van der Waals surface area contributed by atoms with E-state index in [9.17, 15) is 0 Å². The highest BCUT2D eigenvalue weighted by Crippen LogP contribution is 2.22. The number of aromatic nitrogens is 1. The smallest absolute Gasteiger partial charge is 0.0847 e. The Morgan fingerprint density at radius 3 is 2.76 bits per heavy atom. The third-order valence-electron chi connectivity index (χ3n) is 3.31. The molecular formula is C14H15BrN2. The molecule has 88 valence electrons. The lowest BCUT2D eigenvalue weighted by atomic mass is 10.2. The van der Waals surface area contributed by atoms with Gasteiger partial charge in [0.15, 0.2) is 0 Å². The van der Waals surface area contributed by atoms with Crippen LogP contribution in [0.1, 0.15) is 18.5 Å². The molecule has 1 aliphatic rings. The highest BCUT2D eigenvalue weighted by Gasteiger charge is 2.12. The third kappa shape index (κ3) is 2.35. The van der Waals surface area contributed by atoms with Crippen molar-refractivity contribution in [2.24, 2.45) is 0 Å². The van der Waals surface area contributed by atoms with E-state index >= 15 is 0 Å². The molecule has 2 nitrogen and oxygen atoms in total. The SMILES string of the molecule is Brc1cccc2ccc(CN3CCCC3)nc12. The van der Waals surface area contributed by atoms with E-state index in [2.05, 4.69) is 45.1 Å². The molecule has 0 saturated carbocycles. The molecule has 0 spiro atoms. The Hall–Kier alpha value is -0.930. The zero-order valence-corrected chi connectivity index (χ0v) is 11.3. The molecule has 0 atom stereocenters. The number of halogens is 1. The second kappa shape index (κ2) is 4.75. The molecule has 1 aliphatic heterocycles. The molecule has 0 N–H and O–H groups in total. The third-order valence-corrected chi connectivity index (χ3v) is 3.95. The molecule has 17 heavy (non-hydrogen) atoms. The maximum absolute atomic E-state index is 4.75. The van der Waals surface area contributed by atoms with Gasteiger partial charge in [-0.15, -0.1) is 0 Å². The predicted molar refractivity (Wildman–Crippen MR) is 74.0 cm³/mol. The van der Waals surface area contributed by atoms with E-state index in [4.69, 9.17) is 4.98 Å². The van der Waals surface area contributed by atoms with E-state index in [1.54, 1.807) is 0 Å². The summed E-state index contributed by atoms with van der Waals surface area (Å²) in [6.07, 6.45) is 2.66. The van der Waals surface area contributed by atoms with Crippen LogP contribution in [0.25, 0.3) is 10.9 Å². The van der Waals surface area contributed by atoms with Gasteiger partial charge < -0.3 is 0 Å². The number of nitrogens with zero attached hydrogens (tertiary/aromatic N) is 2. The van der Waals surface area contributed by atoms with Crippen LogP contribution in [-0.2, 0) is 6.54 Å². The molecule has 1 aromatic heterocycles. The van der Waals surface area contributed by atoms with Gasteiger partial charge in [0.2, 0.25) is 0 Å². The van der Waals surface area contributed by atoms with Gasteiger partial charge in [-0.25, -0.2) is 0 Å². The summed E-state index contributed by atoms with van der Waals surface area (Å²) in [7, 11) is 0. The average molecular weight is 291 g/mol. The predicted octanol–water partition coefficient (Wildman–Crippen LogP) is 3.59. The van der Waals surface area contributed by atoms with Gasteiger partial charge >= 0.3 is 0 Å². The fourth-order valence-electron chi connectivity index (χ4n) is 2.41. The molecule has 1 aromatic carbocycles. The van der Waals surface area contributed by atoms with Crippen molar-refractivity contribution in [1.29, 1.82) is 0 Å². The maximum Gasteiger partial charge on any atom is 0.0847 e. The van der Waals surface area contributed by atoms with Gasteiger partial charge in [0.1, 0.15) is 0 Å². The van der Waals surface area contributed by atoms with Crippen molar-refractivity contribution in [2.75, 3.05) is 13.1 Å². The minimum absolute atomic E-state index is 0.983. The molecule has 2 aromatic rings. The first-order chi connectivity index (χ1) is 8.33. The Kier molecular flexibility index (Phi) is 3.12. The quantitative estimate of drug-likeness (QED) is 0.840. The molecule has 2 heterocycles. The molecule has 0 aliphatic carbocycles. The molecule has 0 unspecified atom stereocenters. The van der Waals surface area contributed by atoms with Gasteiger partial charge in [0, 0.05) is 16.4 Å². The lowest BCUT2D eigenvalue weighted by Crippen LogP contribution is -2.19. The van der Waals surface area contributed by atoms with Crippen LogP contribution in [0.15, 0.2) is 34.8 Å². The van der Waals surface area contributed by atoms with Gasteiger partial charge in [-0.2, -0.15) is 0 Å². The summed E-state index contributed by atoms with van der Waals surface area (Å²) in [6.45, 7) is 3.42. The van der Waals surface area contributed by atoms with Crippen molar-refractivity contribution >= 4 is 26.8 Å². The highest BCUT2D eigenvalue weighted by molar-refractivity contribution is 9.10. The number of para-hydroxylation sites is 1. The number of rotatable bonds is 2. The van der Waals surface area contributed by atoms with Crippen molar-refractivity contribution in [2.45, 2.75) is 19.4 Å². The fourth-order valence-corrected chi connectivity index (χ4v) is 2.88. The maximum atomic E-state index is 4.75. The molecule has 0 bridgehead atoms. The normalized spacial score (nSPS) is 16.8. The molecule has 1 saturated heterocycles. The van der Waals surface area contributed by atoms with Crippen LogP contribution >= 0.6 is 15.9 Å². The van der Waals surface area contributed by atoms with Crippen molar-refractivity contribution in [3.05, 3.63) is 40.5 Å². The van der Waals surface area contributed by atoms with Crippen molar-refractivity contribution in [3.8, 4) is 0 Å². The number of likely N-dealkylation sites (tertiary alicyclic amines) is 1. The average Bonchev–Trinajstić information content (AvgIpc) is 2.83. The van der Waals surface area contributed by atoms with Crippen LogP contribution in [0.4, 0.5) is 0 Å². The Labute approximate surface area is 110 Å².